The van der Waals surface area contributed by atoms with E-state index in [-0.39, 0.29) is 11.9 Å². The number of hydrogen-bond acceptors (Lipinski definition) is 6. The third kappa shape index (κ3) is 5.85. The van der Waals surface area contributed by atoms with Crippen molar-refractivity contribution >= 4 is 11.6 Å². The SMILES string of the molecule is CNC(=O)C1CN(Cc2ccccc2)CCN1CC1(O)CCN(c2ccc(OC)cc2)CC1. The molecular weight excluding hydrogens is 416 g/mol. The molecule has 2 aromatic carbocycles. The van der Waals surface area contributed by atoms with Crippen LogP contribution in [0.2, 0.25) is 0 Å². The van der Waals surface area contributed by atoms with Crippen LogP contribution in [0.1, 0.15) is 18.4 Å². The molecule has 1 amide bonds. The number of amides is 1. The van der Waals surface area contributed by atoms with E-state index in [0.29, 0.717) is 25.9 Å². The number of carbonyl (C=O) groups is 1. The lowest BCUT2D eigenvalue weighted by Crippen LogP contribution is -2.62. The molecule has 2 N–H and O–H groups in total. The first kappa shape index (κ1) is 23.5. The fourth-order valence-corrected chi connectivity index (χ4v) is 4.98. The van der Waals surface area contributed by atoms with Crippen molar-refractivity contribution in [3.05, 3.63) is 60.2 Å². The Morgan fingerprint density at radius 3 is 2.39 bits per heavy atom. The summed E-state index contributed by atoms with van der Waals surface area (Å²) in [6.45, 7) is 5.28. The van der Waals surface area contributed by atoms with Crippen molar-refractivity contribution in [2.75, 3.05) is 58.3 Å². The van der Waals surface area contributed by atoms with Crippen molar-refractivity contribution in [2.45, 2.75) is 31.0 Å². The van der Waals surface area contributed by atoms with Gasteiger partial charge in [0.25, 0.3) is 0 Å². The molecule has 0 spiro atoms. The Hall–Kier alpha value is -2.61. The number of likely N-dealkylation sites (N-methyl/N-ethyl adjacent to an activating group) is 1. The lowest BCUT2D eigenvalue weighted by Gasteiger charge is -2.46. The first-order valence-corrected chi connectivity index (χ1v) is 11.8. The second-order valence-electron chi connectivity index (χ2n) is 9.23. The molecule has 2 fully saturated rings. The van der Waals surface area contributed by atoms with Gasteiger partial charge in [0, 0.05) is 58.5 Å². The Kier molecular flexibility index (Phi) is 7.53. The second kappa shape index (κ2) is 10.5. The number of methoxy groups -OCH3 is 1. The van der Waals surface area contributed by atoms with Crippen molar-refractivity contribution in [3.63, 3.8) is 0 Å². The number of carbonyl (C=O) groups excluding carboxylic acids is 1. The van der Waals surface area contributed by atoms with E-state index in [1.807, 2.05) is 18.2 Å². The van der Waals surface area contributed by atoms with Crippen LogP contribution in [0, 0.1) is 0 Å². The topological polar surface area (TPSA) is 68.3 Å². The van der Waals surface area contributed by atoms with Crippen LogP contribution in [0.3, 0.4) is 0 Å². The van der Waals surface area contributed by atoms with Gasteiger partial charge in [0.2, 0.25) is 5.91 Å². The quantitative estimate of drug-likeness (QED) is 0.670. The predicted molar refractivity (Wildman–Crippen MR) is 131 cm³/mol. The Morgan fingerprint density at radius 1 is 1.06 bits per heavy atom. The minimum Gasteiger partial charge on any atom is -0.497 e. The van der Waals surface area contributed by atoms with Gasteiger partial charge in [-0.1, -0.05) is 30.3 Å². The van der Waals surface area contributed by atoms with Gasteiger partial charge in [-0.15, -0.1) is 0 Å². The fourth-order valence-electron chi connectivity index (χ4n) is 4.98. The highest BCUT2D eigenvalue weighted by molar-refractivity contribution is 5.81. The zero-order chi connectivity index (χ0) is 23.3. The number of ether oxygens (including phenoxy) is 1. The van der Waals surface area contributed by atoms with Gasteiger partial charge in [-0.3, -0.25) is 14.6 Å². The highest BCUT2D eigenvalue weighted by atomic mass is 16.5. The summed E-state index contributed by atoms with van der Waals surface area (Å²) >= 11 is 0. The standard InChI is InChI=1S/C26H36N4O3/c1-27-25(31)24-19-28(18-21-6-4-3-5-7-21)16-17-30(24)20-26(32)12-14-29(15-13-26)22-8-10-23(33-2)11-9-22/h3-11,24,32H,12-20H2,1-2H3,(H,27,31). The van der Waals surface area contributed by atoms with Crippen LogP contribution >= 0.6 is 0 Å². The molecule has 1 atom stereocenters. The predicted octanol–water partition coefficient (Wildman–Crippen LogP) is 1.96. The van der Waals surface area contributed by atoms with E-state index in [0.717, 1.165) is 44.2 Å². The second-order valence-corrected chi connectivity index (χ2v) is 9.23. The molecule has 0 radical (unpaired) electrons. The summed E-state index contributed by atoms with van der Waals surface area (Å²) in [6.07, 6.45) is 1.37. The molecule has 2 heterocycles. The number of piperidine rings is 1. The highest BCUT2D eigenvalue weighted by Crippen LogP contribution is 2.29. The maximum Gasteiger partial charge on any atom is 0.238 e. The molecule has 0 aromatic heterocycles. The zero-order valence-corrected chi connectivity index (χ0v) is 19.7. The van der Waals surface area contributed by atoms with Crippen LogP contribution < -0.4 is 15.0 Å². The Labute approximate surface area is 196 Å². The van der Waals surface area contributed by atoms with Crippen molar-refractivity contribution < 1.29 is 14.6 Å². The van der Waals surface area contributed by atoms with Gasteiger partial charge < -0.3 is 20.1 Å². The Balaban J connectivity index is 1.36. The summed E-state index contributed by atoms with van der Waals surface area (Å²) in [6, 6.07) is 18.2. The third-order valence-corrected chi connectivity index (χ3v) is 7.00. The van der Waals surface area contributed by atoms with Crippen LogP contribution in [-0.4, -0.2) is 85.9 Å². The maximum atomic E-state index is 12.7. The van der Waals surface area contributed by atoms with Gasteiger partial charge in [0.1, 0.15) is 11.8 Å². The van der Waals surface area contributed by atoms with Crippen molar-refractivity contribution in [2.24, 2.45) is 0 Å². The number of nitrogens with zero attached hydrogens (tertiary/aromatic N) is 3. The summed E-state index contributed by atoms with van der Waals surface area (Å²) in [4.78, 5) is 19.6. The summed E-state index contributed by atoms with van der Waals surface area (Å²) in [7, 11) is 3.36. The van der Waals surface area contributed by atoms with Gasteiger partial charge >= 0.3 is 0 Å². The summed E-state index contributed by atoms with van der Waals surface area (Å²) in [5.41, 5.74) is 1.62. The number of β-amino-alcohol motifs (C(OH)–C–C–N with tert-alkyl or cyclic N) is 1. The smallest absolute Gasteiger partial charge is 0.238 e. The number of rotatable bonds is 7. The monoisotopic (exact) mass is 452 g/mol. The molecule has 0 saturated carbocycles. The molecule has 1 unspecified atom stereocenters. The molecule has 2 aliphatic heterocycles. The summed E-state index contributed by atoms with van der Waals surface area (Å²) in [5.74, 6) is 0.867. The minimum absolute atomic E-state index is 0.0204. The van der Waals surface area contributed by atoms with Crippen molar-refractivity contribution in [1.29, 1.82) is 0 Å². The normalized spacial score (nSPS) is 21.5. The number of nitrogens with one attached hydrogen (secondary N) is 1. The molecule has 4 rings (SSSR count). The first-order valence-electron chi connectivity index (χ1n) is 11.8. The average Bonchev–Trinajstić information content (AvgIpc) is 2.85. The van der Waals surface area contributed by atoms with Crippen LogP contribution in [0.15, 0.2) is 54.6 Å². The van der Waals surface area contributed by atoms with Gasteiger partial charge in [0.15, 0.2) is 0 Å². The molecule has 0 aliphatic carbocycles. The van der Waals surface area contributed by atoms with Crippen molar-refractivity contribution in [3.8, 4) is 5.75 Å². The van der Waals surface area contributed by atoms with Gasteiger partial charge in [-0.25, -0.2) is 0 Å². The molecule has 2 saturated heterocycles. The highest BCUT2D eigenvalue weighted by Gasteiger charge is 2.39. The number of benzene rings is 2. The molecule has 2 aliphatic rings. The van der Waals surface area contributed by atoms with Crippen molar-refractivity contribution in [1.82, 2.24) is 15.1 Å². The Morgan fingerprint density at radius 2 is 1.76 bits per heavy atom. The largest absolute Gasteiger partial charge is 0.497 e. The van der Waals surface area contributed by atoms with E-state index in [1.54, 1.807) is 14.2 Å². The number of hydrogen-bond donors (Lipinski definition) is 2. The molecule has 0 bridgehead atoms. The van der Waals surface area contributed by atoms with Gasteiger partial charge in [-0.2, -0.15) is 0 Å². The van der Waals surface area contributed by atoms with Crippen LogP contribution in [-0.2, 0) is 11.3 Å². The van der Waals surface area contributed by atoms with E-state index >= 15 is 0 Å². The minimum atomic E-state index is -0.781. The lowest BCUT2D eigenvalue weighted by molar-refractivity contribution is -0.131. The first-order chi connectivity index (χ1) is 16.0. The Bertz CT molecular complexity index is 898. The molecule has 178 valence electrons. The maximum absolute atomic E-state index is 12.7. The molecule has 7 nitrogen and oxygen atoms in total. The summed E-state index contributed by atoms with van der Waals surface area (Å²) < 4.78 is 5.25. The molecule has 7 heteroatoms. The number of anilines is 1. The van der Waals surface area contributed by atoms with Crippen LogP contribution in [0.5, 0.6) is 5.75 Å². The van der Waals surface area contributed by atoms with Crippen LogP contribution in [0.25, 0.3) is 0 Å². The number of piperazine rings is 1. The third-order valence-electron chi connectivity index (χ3n) is 7.00. The van der Waals surface area contributed by atoms with E-state index in [2.05, 4.69) is 56.4 Å². The fraction of sp³-hybridized carbons (Fsp3) is 0.500. The van der Waals surface area contributed by atoms with E-state index in [4.69, 9.17) is 4.74 Å². The lowest BCUT2D eigenvalue weighted by atomic mass is 9.89. The zero-order valence-electron chi connectivity index (χ0n) is 19.7. The molecular formula is C26H36N4O3. The molecule has 2 aromatic rings. The van der Waals surface area contributed by atoms with Gasteiger partial charge in [0.05, 0.1) is 12.7 Å². The number of aliphatic hydroxyl groups is 1. The van der Waals surface area contributed by atoms with Crippen LogP contribution in [0.4, 0.5) is 5.69 Å². The average molecular weight is 453 g/mol. The van der Waals surface area contributed by atoms with E-state index in [9.17, 15) is 9.90 Å². The van der Waals surface area contributed by atoms with Gasteiger partial charge in [-0.05, 0) is 42.7 Å². The van der Waals surface area contributed by atoms with E-state index < -0.39 is 5.60 Å². The van der Waals surface area contributed by atoms with E-state index in [1.165, 1.54) is 5.56 Å². The summed E-state index contributed by atoms with van der Waals surface area (Å²) in [5, 5.41) is 14.2. The molecule has 33 heavy (non-hydrogen) atoms.